The number of carbonyl (C=O) groups excluding carboxylic acids is 1. The molecule has 2 aromatic rings. The summed E-state index contributed by atoms with van der Waals surface area (Å²) in [6, 6.07) is 15.1. The van der Waals surface area contributed by atoms with E-state index in [9.17, 15) is 9.18 Å². The average molecular weight is 364 g/mol. The standard InChI is InChI=1S/C23H25FN2O/c1-25-17-9-6-13-26(14-12-17)23(27)20-15-19(20)18-10-5-11-21(24)22(18)16-7-3-2-4-8-16/h2-5,7-8,10-11,17,19-20H,1,6,9,12-15H2. The van der Waals surface area contributed by atoms with Crippen LogP contribution in [-0.2, 0) is 4.79 Å². The normalized spacial score (nSPS) is 24.9. The first kappa shape index (κ1) is 17.9. The third-order valence-electron chi connectivity index (χ3n) is 5.88. The van der Waals surface area contributed by atoms with Crippen LogP contribution in [0, 0.1) is 11.7 Å². The lowest BCUT2D eigenvalue weighted by atomic mass is 9.95. The summed E-state index contributed by atoms with van der Waals surface area (Å²) in [4.78, 5) is 19.1. The minimum absolute atomic E-state index is 0.0255. The minimum Gasteiger partial charge on any atom is -0.342 e. The van der Waals surface area contributed by atoms with Gasteiger partial charge in [0.05, 0.1) is 6.04 Å². The molecule has 1 saturated heterocycles. The Balaban J connectivity index is 1.53. The van der Waals surface area contributed by atoms with Gasteiger partial charge in [0.15, 0.2) is 0 Å². The number of amides is 1. The van der Waals surface area contributed by atoms with Crippen molar-refractivity contribution in [1.29, 1.82) is 0 Å². The molecule has 1 aliphatic heterocycles. The predicted molar refractivity (Wildman–Crippen MR) is 106 cm³/mol. The van der Waals surface area contributed by atoms with Crippen molar-refractivity contribution in [3.05, 3.63) is 59.9 Å². The zero-order valence-electron chi connectivity index (χ0n) is 15.5. The molecule has 2 fully saturated rings. The van der Waals surface area contributed by atoms with E-state index >= 15 is 0 Å². The number of carbonyl (C=O) groups is 1. The van der Waals surface area contributed by atoms with Crippen molar-refractivity contribution >= 4 is 12.6 Å². The molecule has 1 aliphatic carbocycles. The number of likely N-dealkylation sites (tertiary alicyclic amines) is 1. The van der Waals surface area contributed by atoms with E-state index in [0.717, 1.165) is 49.9 Å². The van der Waals surface area contributed by atoms with Crippen molar-refractivity contribution in [2.75, 3.05) is 13.1 Å². The van der Waals surface area contributed by atoms with Crippen LogP contribution in [0.3, 0.4) is 0 Å². The van der Waals surface area contributed by atoms with Crippen LogP contribution in [0.2, 0.25) is 0 Å². The van der Waals surface area contributed by atoms with Crippen molar-refractivity contribution in [1.82, 2.24) is 4.90 Å². The van der Waals surface area contributed by atoms with Gasteiger partial charge < -0.3 is 4.90 Å². The Bertz CT molecular complexity index is 836. The second-order valence-electron chi connectivity index (χ2n) is 7.61. The minimum atomic E-state index is -0.216. The molecule has 0 bridgehead atoms. The maximum Gasteiger partial charge on any atom is 0.226 e. The summed E-state index contributed by atoms with van der Waals surface area (Å²) in [6.45, 7) is 5.20. The highest BCUT2D eigenvalue weighted by molar-refractivity contribution is 5.84. The Morgan fingerprint density at radius 2 is 1.89 bits per heavy atom. The second kappa shape index (κ2) is 7.63. The molecular formula is C23H25FN2O. The number of nitrogens with zero attached hydrogens (tertiary/aromatic N) is 2. The van der Waals surface area contributed by atoms with E-state index in [0.29, 0.717) is 5.56 Å². The molecule has 0 spiro atoms. The summed E-state index contributed by atoms with van der Waals surface area (Å²) in [5.74, 6) is 0.0851. The Kier molecular flexibility index (Phi) is 5.06. The first-order valence-corrected chi connectivity index (χ1v) is 9.77. The molecule has 3 nitrogen and oxygen atoms in total. The molecule has 3 atom stereocenters. The fraction of sp³-hybridized carbons (Fsp3) is 0.391. The average Bonchev–Trinajstić information content (AvgIpc) is 3.51. The molecule has 1 saturated carbocycles. The SMILES string of the molecule is C=NC1CCCN(C(=O)C2CC2c2cccc(F)c2-c2ccccc2)CC1. The van der Waals surface area contributed by atoms with Crippen molar-refractivity contribution in [2.45, 2.75) is 37.6 Å². The topological polar surface area (TPSA) is 32.7 Å². The number of aliphatic imine (C=N–C) groups is 1. The summed E-state index contributed by atoms with van der Waals surface area (Å²) < 4.78 is 14.6. The molecule has 3 unspecified atom stereocenters. The van der Waals surface area contributed by atoms with E-state index in [-0.39, 0.29) is 29.6 Å². The largest absolute Gasteiger partial charge is 0.342 e. The van der Waals surface area contributed by atoms with E-state index < -0.39 is 0 Å². The molecule has 1 amide bonds. The lowest BCUT2D eigenvalue weighted by Gasteiger charge is -2.21. The highest BCUT2D eigenvalue weighted by Crippen LogP contribution is 2.51. The predicted octanol–water partition coefficient (Wildman–Crippen LogP) is 4.68. The van der Waals surface area contributed by atoms with Gasteiger partial charge in [-0.25, -0.2) is 4.39 Å². The fourth-order valence-electron chi connectivity index (χ4n) is 4.29. The first-order valence-electron chi connectivity index (χ1n) is 9.77. The van der Waals surface area contributed by atoms with E-state index in [1.54, 1.807) is 6.07 Å². The van der Waals surface area contributed by atoms with E-state index in [1.165, 1.54) is 6.07 Å². The number of halogens is 1. The maximum absolute atomic E-state index is 14.6. The number of hydrogen-bond acceptors (Lipinski definition) is 2. The third-order valence-corrected chi connectivity index (χ3v) is 5.88. The van der Waals surface area contributed by atoms with E-state index in [1.807, 2.05) is 41.3 Å². The van der Waals surface area contributed by atoms with Crippen LogP contribution in [0.1, 0.15) is 37.2 Å². The van der Waals surface area contributed by atoms with Crippen LogP contribution in [0.25, 0.3) is 11.1 Å². The van der Waals surface area contributed by atoms with Crippen molar-refractivity contribution in [3.8, 4) is 11.1 Å². The Morgan fingerprint density at radius 3 is 2.67 bits per heavy atom. The fourth-order valence-corrected chi connectivity index (χ4v) is 4.29. The van der Waals surface area contributed by atoms with Gasteiger partial charge in [-0.15, -0.1) is 0 Å². The van der Waals surface area contributed by atoms with Crippen molar-refractivity contribution < 1.29 is 9.18 Å². The molecule has 2 aliphatic rings. The number of benzene rings is 2. The van der Waals surface area contributed by atoms with E-state index in [4.69, 9.17) is 0 Å². The zero-order valence-corrected chi connectivity index (χ0v) is 15.5. The molecule has 140 valence electrons. The molecule has 1 heterocycles. The lowest BCUT2D eigenvalue weighted by molar-refractivity contribution is -0.132. The molecule has 4 heteroatoms. The van der Waals surface area contributed by atoms with Crippen LogP contribution in [0.4, 0.5) is 4.39 Å². The Morgan fingerprint density at radius 1 is 1.07 bits per heavy atom. The van der Waals surface area contributed by atoms with Gasteiger partial charge in [0, 0.05) is 24.6 Å². The first-order chi connectivity index (χ1) is 13.2. The molecule has 0 N–H and O–H groups in total. The highest BCUT2D eigenvalue weighted by Gasteiger charge is 2.47. The van der Waals surface area contributed by atoms with Crippen LogP contribution >= 0.6 is 0 Å². The highest BCUT2D eigenvalue weighted by atomic mass is 19.1. The van der Waals surface area contributed by atoms with Gasteiger partial charge in [-0.1, -0.05) is 42.5 Å². The smallest absolute Gasteiger partial charge is 0.226 e. The van der Waals surface area contributed by atoms with Gasteiger partial charge in [0.25, 0.3) is 0 Å². The number of hydrogen-bond donors (Lipinski definition) is 0. The summed E-state index contributed by atoms with van der Waals surface area (Å²) in [7, 11) is 0. The van der Waals surface area contributed by atoms with E-state index in [2.05, 4.69) is 11.7 Å². The Hall–Kier alpha value is -2.49. The molecular weight excluding hydrogens is 339 g/mol. The molecule has 4 rings (SSSR count). The summed E-state index contributed by atoms with van der Waals surface area (Å²) in [5.41, 5.74) is 2.48. The van der Waals surface area contributed by atoms with Gasteiger partial charge in [0.1, 0.15) is 5.82 Å². The maximum atomic E-state index is 14.6. The van der Waals surface area contributed by atoms with Gasteiger partial charge in [-0.2, -0.15) is 0 Å². The van der Waals surface area contributed by atoms with Gasteiger partial charge in [0.2, 0.25) is 5.91 Å². The van der Waals surface area contributed by atoms with Crippen LogP contribution in [0.15, 0.2) is 53.5 Å². The monoisotopic (exact) mass is 364 g/mol. The molecule has 2 aromatic carbocycles. The zero-order chi connectivity index (χ0) is 18.8. The Labute approximate surface area is 159 Å². The third kappa shape index (κ3) is 3.66. The molecule has 0 aromatic heterocycles. The molecule has 0 radical (unpaired) electrons. The van der Waals surface area contributed by atoms with Crippen LogP contribution in [-0.4, -0.2) is 36.7 Å². The second-order valence-corrected chi connectivity index (χ2v) is 7.61. The van der Waals surface area contributed by atoms with Crippen LogP contribution in [0.5, 0.6) is 0 Å². The summed E-state index contributed by atoms with van der Waals surface area (Å²) >= 11 is 0. The quantitative estimate of drug-likeness (QED) is 0.725. The number of rotatable bonds is 4. The van der Waals surface area contributed by atoms with Gasteiger partial charge >= 0.3 is 0 Å². The van der Waals surface area contributed by atoms with Gasteiger partial charge in [-0.05, 0) is 55.5 Å². The van der Waals surface area contributed by atoms with Crippen molar-refractivity contribution in [2.24, 2.45) is 10.9 Å². The molecule has 27 heavy (non-hydrogen) atoms. The summed E-state index contributed by atoms with van der Waals surface area (Å²) in [5, 5.41) is 0. The van der Waals surface area contributed by atoms with Gasteiger partial charge in [-0.3, -0.25) is 9.79 Å². The summed E-state index contributed by atoms with van der Waals surface area (Å²) in [6.07, 6.45) is 3.68. The van der Waals surface area contributed by atoms with Crippen LogP contribution < -0.4 is 0 Å². The lowest BCUT2D eigenvalue weighted by Crippen LogP contribution is -2.33. The van der Waals surface area contributed by atoms with Crippen molar-refractivity contribution in [3.63, 3.8) is 0 Å².